The van der Waals surface area contributed by atoms with Gasteiger partial charge in [0.1, 0.15) is 36.5 Å². The molecule has 0 saturated carbocycles. The van der Waals surface area contributed by atoms with Crippen molar-refractivity contribution in [1.82, 2.24) is 15.2 Å². The number of nitrogens with zero attached hydrogens (tertiary/aromatic N) is 4. The summed E-state index contributed by atoms with van der Waals surface area (Å²) in [6.45, 7) is 2.61. The molecular weight excluding hydrogens is 552 g/mol. The van der Waals surface area contributed by atoms with Gasteiger partial charge in [0.05, 0.1) is 20.1 Å². The molecule has 4 rings (SSSR count). The zero-order chi connectivity index (χ0) is 27.5. The molecule has 0 spiro atoms. The number of carboxylic acids is 1. The van der Waals surface area contributed by atoms with E-state index in [9.17, 15) is 19.5 Å². The lowest BCUT2D eigenvalue weighted by atomic mass is 10.0. The molecule has 18 heteroatoms. The highest BCUT2D eigenvalue weighted by atomic mass is 32.3. The minimum absolute atomic E-state index is 0.0496. The Kier molecular flexibility index (Phi) is 8.81. The number of aromatic nitrogens is 1. The summed E-state index contributed by atoms with van der Waals surface area (Å²) in [7, 11) is -1.50. The number of carbonyl (C=O) groups excluding carboxylic acids is 2. The molecule has 3 aliphatic rings. The predicted octanol–water partition coefficient (Wildman–Crippen LogP) is -0.941. The second-order valence-corrected chi connectivity index (χ2v) is 11.5. The summed E-state index contributed by atoms with van der Waals surface area (Å²) in [5, 5.41) is 17.6. The Bertz CT molecular complexity index is 1230. The normalized spacial score (nSPS) is 23.0. The van der Waals surface area contributed by atoms with Crippen LogP contribution in [0.4, 0.5) is 5.13 Å². The van der Waals surface area contributed by atoms with E-state index in [0.717, 1.165) is 47.3 Å². The largest absolute Gasteiger partial charge is 0.726 e. The minimum atomic E-state index is -4.92. The number of likely N-dealkylation sites (tertiary alicyclic amines) is 1. The lowest BCUT2D eigenvalue weighted by molar-refractivity contribution is -0.893. The van der Waals surface area contributed by atoms with Crippen LogP contribution < -0.4 is 11.1 Å². The van der Waals surface area contributed by atoms with E-state index < -0.39 is 39.6 Å². The summed E-state index contributed by atoms with van der Waals surface area (Å²) in [6.07, 6.45) is 2.24. The fourth-order valence-electron chi connectivity index (χ4n) is 4.42. The first-order valence-electron chi connectivity index (χ1n) is 10.8. The molecule has 3 aliphatic heterocycles. The van der Waals surface area contributed by atoms with Crippen molar-refractivity contribution in [3.63, 3.8) is 0 Å². The van der Waals surface area contributed by atoms with E-state index in [2.05, 4.69) is 22.5 Å². The number of hydrogen-bond acceptors (Lipinski definition) is 12. The molecule has 1 aromatic rings. The third kappa shape index (κ3) is 6.96. The first kappa shape index (κ1) is 28.8. The molecule has 1 aromatic heterocycles. The Morgan fingerprint density at radius 1 is 1.41 bits per heavy atom. The van der Waals surface area contributed by atoms with E-state index in [1.807, 2.05) is 0 Å². The summed E-state index contributed by atoms with van der Waals surface area (Å²) in [5.74, 6) is -1.71. The number of likely N-dealkylation sites (N-methyl/N-ethyl adjacent to an activating group) is 1. The molecule has 0 aliphatic carbocycles. The maximum atomic E-state index is 12.9. The van der Waals surface area contributed by atoms with Gasteiger partial charge in [-0.05, 0) is 0 Å². The van der Waals surface area contributed by atoms with E-state index in [1.54, 1.807) is 5.38 Å². The SMILES string of the molecule is CON=C(C(=O)N[C@@H]1C(=O)N2C(C(=O)O)=C(C[N+]3(C)CCCC3)CS[C@H]12)c1csc(N)n1.O=S(=O)([O-])O. The Hall–Kier alpha value is -2.77. The topological polar surface area (TPSA) is 225 Å². The van der Waals surface area contributed by atoms with Crippen molar-refractivity contribution in [2.75, 3.05) is 45.3 Å². The van der Waals surface area contributed by atoms with Crippen LogP contribution >= 0.6 is 23.1 Å². The van der Waals surface area contributed by atoms with Gasteiger partial charge in [0.25, 0.3) is 11.8 Å². The zero-order valence-corrected chi connectivity index (χ0v) is 22.3. The molecule has 15 nitrogen and oxygen atoms in total. The van der Waals surface area contributed by atoms with Gasteiger partial charge in [-0.2, -0.15) is 0 Å². The number of quaternary nitrogens is 1. The molecule has 5 N–H and O–H groups in total. The van der Waals surface area contributed by atoms with Gasteiger partial charge in [0, 0.05) is 29.5 Å². The number of thioether (sulfide) groups is 1. The number of aliphatic carboxylic acids is 1. The summed E-state index contributed by atoms with van der Waals surface area (Å²) >= 11 is 2.61. The van der Waals surface area contributed by atoms with Crippen LogP contribution in [0, 0.1) is 0 Å². The van der Waals surface area contributed by atoms with Crippen LogP contribution in [0.5, 0.6) is 0 Å². The Morgan fingerprint density at radius 3 is 2.54 bits per heavy atom. The lowest BCUT2D eigenvalue weighted by Gasteiger charge is -2.49. The number of nitrogen functional groups attached to an aromatic ring is 1. The third-order valence-electron chi connectivity index (χ3n) is 5.92. The molecule has 0 unspecified atom stereocenters. The number of hydrogen-bond donors (Lipinski definition) is 4. The van der Waals surface area contributed by atoms with E-state index in [1.165, 1.54) is 23.8 Å². The Balaban J connectivity index is 0.000000695. The number of anilines is 1. The first-order valence-corrected chi connectivity index (χ1v) is 14.1. The number of nitrogens with two attached hydrogens (primary N) is 1. The van der Waals surface area contributed by atoms with Crippen molar-refractivity contribution in [2.45, 2.75) is 24.3 Å². The summed E-state index contributed by atoms with van der Waals surface area (Å²) in [4.78, 5) is 47.9. The average Bonchev–Trinajstić information content (AvgIpc) is 3.42. The maximum absolute atomic E-state index is 12.9. The molecule has 0 aromatic carbocycles. The van der Waals surface area contributed by atoms with Crippen LogP contribution in [-0.2, 0) is 29.6 Å². The van der Waals surface area contributed by atoms with Crippen molar-refractivity contribution in [3.05, 3.63) is 22.3 Å². The molecule has 2 amide bonds. The quantitative estimate of drug-likeness (QED) is 0.0768. The molecule has 2 fully saturated rings. The maximum Gasteiger partial charge on any atom is 0.352 e. The van der Waals surface area contributed by atoms with Gasteiger partial charge in [-0.25, -0.2) is 18.2 Å². The van der Waals surface area contributed by atoms with Gasteiger partial charge in [-0.15, -0.1) is 23.1 Å². The van der Waals surface area contributed by atoms with E-state index in [-0.39, 0.29) is 22.2 Å². The number of rotatable bonds is 7. The van der Waals surface area contributed by atoms with E-state index in [4.69, 9.17) is 28.1 Å². The Labute approximate surface area is 220 Å². The summed E-state index contributed by atoms with van der Waals surface area (Å²) < 4.78 is 33.6. The molecule has 0 bridgehead atoms. The molecular formula is C19H26N6O9S3. The molecule has 0 radical (unpaired) electrons. The van der Waals surface area contributed by atoms with E-state index in [0.29, 0.717) is 12.3 Å². The second kappa shape index (κ2) is 11.3. The molecule has 2 atom stereocenters. The van der Waals surface area contributed by atoms with Gasteiger partial charge >= 0.3 is 5.97 Å². The third-order valence-corrected chi connectivity index (χ3v) is 7.93. The smallest absolute Gasteiger partial charge is 0.352 e. The van der Waals surface area contributed by atoms with Crippen LogP contribution in [0.15, 0.2) is 21.8 Å². The number of β-lactam (4-membered cyclic amide) rings is 1. The molecule has 2 saturated heterocycles. The van der Waals surface area contributed by atoms with E-state index >= 15 is 0 Å². The highest BCUT2D eigenvalue weighted by molar-refractivity contribution is 8.00. The van der Waals surface area contributed by atoms with Crippen LogP contribution in [0.3, 0.4) is 0 Å². The predicted molar refractivity (Wildman–Crippen MR) is 132 cm³/mol. The number of nitrogens with one attached hydrogen (secondary N) is 1. The van der Waals surface area contributed by atoms with Crippen molar-refractivity contribution in [2.24, 2.45) is 5.16 Å². The molecule has 4 heterocycles. The van der Waals surface area contributed by atoms with Crippen LogP contribution in [0.2, 0.25) is 0 Å². The fraction of sp³-hybridized carbons (Fsp3) is 0.526. The van der Waals surface area contributed by atoms with Gasteiger partial charge < -0.3 is 30.0 Å². The molecule has 204 valence electrons. The lowest BCUT2D eigenvalue weighted by Crippen LogP contribution is -2.71. The van der Waals surface area contributed by atoms with Crippen LogP contribution in [-0.4, -0.2) is 111 Å². The number of carboxylic acid groups (broad SMARTS) is 1. The minimum Gasteiger partial charge on any atom is -0.726 e. The number of fused-ring (bicyclic) bond motifs is 1. The standard InChI is InChI=1S/C19H24N6O5S2.H2O4S/c1-25(5-3-4-6-25)7-10-8-31-17-13(16(27)24(17)14(10)18(28)29)22-15(26)12(23-30-2)11-9-32-19(20)21-11;1-5(2,3)4/h9,13,17H,3-8H2,1-2H3,(H3-,20,21,22,26,28,29);(H2,1,2,3,4)/t13-,17-;/m1./s1. The summed E-state index contributed by atoms with van der Waals surface area (Å²) in [5.41, 5.74) is 6.59. The zero-order valence-electron chi connectivity index (χ0n) is 19.8. The van der Waals surface area contributed by atoms with Gasteiger partial charge in [-0.3, -0.25) is 19.0 Å². The van der Waals surface area contributed by atoms with Crippen LogP contribution in [0.1, 0.15) is 18.5 Å². The number of thiazole rings is 1. The fourth-order valence-corrected chi connectivity index (χ4v) is 6.31. The average molecular weight is 579 g/mol. The van der Waals surface area contributed by atoms with Crippen molar-refractivity contribution >= 4 is 62.1 Å². The summed E-state index contributed by atoms with van der Waals surface area (Å²) in [6, 6.07) is -0.863. The number of carbonyl (C=O) groups is 3. The van der Waals surface area contributed by atoms with Crippen LogP contribution in [0.25, 0.3) is 0 Å². The monoisotopic (exact) mass is 578 g/mol. The van der Waals surface area contributed by atoms with Crippen molar-refractivity contribution < 1.29 is 46.3 Å². The second-order valence-electron chi connectivity index (χ2n) is 8.67. The van der Waals surface area contributed by atoms with Crippen molar-refractivity contribution in [1.29, 1.82) is 0 Å². The Morgan fingerprint density at radius 2 is 2.03 bits per heavy atom. The number of oxime groups is 1. The highest BCUT2D eigenvalue weighted by Gasteiger charge is 2.55. The number of amides is 2. The van der Waals surface area contributed by atoms with Crippen molar-refractivity contribution in [3.8, 4) is 0 Å². The molecule has 37 heavy (non-hydrogen) atoms. The van der Waals surface area contributed by atoms with Gasteiger partial charge in [-0.1, -0.05) is 5.16 Å². The highest BCUT2D eigenvalue weighted by Crippen LogP contribution is 2.41. The van der Waals surface area contributed by atoms with Gasteiger partial charge in [0.2, 0.25) is 10.4 Å². The first-order chi connectivity index (χ1) is 17.2. The van der Waals surface area contributed by atoms with Gasteiger partial charge in [0.15, 0.2) is 10.8 Å².